The maximum absolute atomic E-state index is 9.08. The van der Waals surface area contributed by atoms with Crippen molar-refractivity contribution in [2.45, 2.75) is 12.8 Å². The maximum Gasteiger partial charge on any atom is 0.0700 e. The molecule has 1 aliphatic heterocycles. The van der Waals surface area contributed by atoms with Gasteiger partial charge in [0.1, 0.15) is 0 Å². The number of methoxy groups -OCH3 is 1. The molecule has 0 aliphatic carbocycles. The van der Waals surface area contributed by atoms with E-state index in [1.807, 2.05) is 0 Å². The molecule has 0 saturated carbocycles. The van der Waals surface area contributed by atoms with E-state index in [0.717, 1.165) is 32.7 Å². The van der Waals surface area contributed by atoms with Crippen molar-refractivity contribution in [2.75, 3.05) is 53.2 Å². The van der Waals surface area contributed by atoms with Crippen molar-refractivity contribution in [3.05, 3.63) is 0 Å². The van der Waals surface area contributed by atoms with Gasteiger partial charge in [-0.3, -0.25) is 0 Å². The van der Waals surface area contributed by atoms with Gasteiger partial charge in [-0.2, -0.15) is 0 Å². The lowest BCUT2D eigenvalue weighted by Crippen LogP contribution is -2.38. The Kier molecular flexibility index (Phi) is 6.92. The van der Waals surface area contributed by atoms with E-state index in [-0.39, 0.29) is 0 Å². The summed E-state index contributed by atoms with van der Waals surface area (Å²) in [5.74, 6) is 0.470. The molecule has 90 valence electrons. The fourth-order valence-electron chi connectivity index (χ4n) is 1.94. The van der Waals surface area contributed by atoms with Gasteiger partial charge in [-0.15, -0.1) is 0 Å². The number of piperidine rings is 1. The lowest BCUT2D eigenvalue weighted by Gasteiger charge is -2.31. The van der Waals surface area contributed by atoms with E-state index < -0.39 is 0 Å². The molecule has 0 radical (unpaired) electrons. The number of aliphatic hydroxyl groups is 1. The highest BCUT2D eigenvalue weighted by Gasteiger charge is 2.18. The zero-order valence-corrected chi connectivity index (χ0v) is 9.65. The van der Waals surface area contributed by atoms with E-state index in [0.29, 0.717) is 25.7 Å². The molecule has 0 bridgehead atoms. The van der Waals surface area contributed by atoms with Gasteiger partial charge in [0.05, 0.1) is 19.8 Å². The summed E-state index contributed by atoms with van der Waals surface area (Å²) in [6.07, 6.45) is 2.36. The zero-order chi connectivity index (χ0) is 10.9. The van der Waals surface area contributed by atoms with Gasteiger partial charge in [0.2, 0.25) is 0 Å². The van der Waals surface area contributed by atoms with Crippen LogP contribution in [0.3, 0.4) is 0 Å². The Balaban J connectivity index is 2.00. The molecule has 1 atom stereocenters. The summed E-state index contributed by atoms with van der Waals surface area (Å²) in [6, 6.07) is 0. The van der Waals surface area contributed by atoms with Crippen LogP contribution in [0.25, 0.3) is 0 Å². The van der Waals surface area contributed by atoms with E-state index in [9.17, 15) is 0 Å². The SMILES string of the molecule is COCCOCCN1CCCC(CO)C1. The quantitative estimate of drug-likeness (QED) is 0.625. The molecular formula is C11H23NO3. The first-order valence-electron chi connectivity index (χ1n) is 5.76. The number of rotatable bonds is 7. The summed E-state index contributed by atoms with van der Waals surface area (Å²) in [4.78, 5) is 2.37. The van der Waals surface area contributed by atoms with Crippen LogP contribution in [0.4, 0.5) is 0 Å². The van der Waals surface area contributed by atoms with Gasteiger partial charge in [0, 0.05) is 26.8 Å². The largest absolute Gasteiger partial charge is 0.396 e. The molecular weight excluding hydrogens is 194 g/mol. The van der Waals surface area contributed by atoms with Crippen molar-refractivity contribution in [1.29, 1.82) is 0 Å². The summed E-state index contributed by atoms with van der Waals surface area (Å²) >= 11 is 0. The number of hydrogen-bond acceptors (Lipinski definition) is 4. The molecule has 1 rings (SSSR count). The Labute approximate surface area is 92.2 Å². The Hall–Kier alpha value is -0.160. The van der Waals surface area contributed by atoms with Crippen molar-refractivity contribution in [2.24, 2.45) is 5.92 Å². The first-order valence-corrected chi connectivity index (χ1v) is 5.76. The lowest BCUT2D eigenvalue weighted by atomic mass is 9.99. The first kappa shape index (κ1) is 12.9. The number of ether oxygens (including phenoxy) is 2. The standard InChI is InChI=1S/C11H23NO3/c1-14-7-8-15-6-5-12-4-2-3-11(9-12)10-13/h11,13H,2-10H2,1H3. The molecule has 1 heterocycles. The molecule has 0 aromatic carbocycles. The third-order valence-corrected chi connectivity index (χ3v) is 2.84. The topological polar surface area (TPSA) is 41.9 Å². The minimum atomic E-state index is 0.320. The molecule has 1 N–H and O–H groups in total. The highest BCUT2D eigenvalue weighted by molar-refractivity contribution is 4.71. The van der Waals surface area contributed by atoms with Crippen LogP contribution in [0.15, 0.2) is 0 Å². The van der Waals surface area contributed by atoms with E-state index in [1.54, 1.807) is 7.11 Å². The third-order valence-electron chi connectivity index (χ3n) is 2.84. The maximum atomic E-state index is 9.08. The fraction of sp³-hybridized carbons (Fsp3) is 1.00. The Morgan fingerprint density at radius 3 is 2.93 bits per heavy atom. The van der Waals surface area contributed by atoms with E-state index in [2.05, 4.69) is 4.90 Å². The molecule has 1 unspecified atom stereocenters. The van der Waals surface area contributed by atoms with E-state index >= 15 is 0 Å². The molecule has 1 saturated heterocycles. The molecule has 4 nitrogen and oxygen atoms in total. The van der Waals surface area contributed by atoms with Crippen LogP contribution in [0.2, 0.25) is 0 Å². The van der Waals surface area contributed by atoms with Gasteiger partial charge in [-0.05, 0) is 25.3 Å². The molecule has 0 aromatic rings. The van der Waals surface area contributed by atoms with E-state index in [1.165, 1.54) is 6.42 Å². The summed E-state index contributed by atoms with van der Waals surface area (Å²) in [7, 11) is 1.68. The molecule has 1 fully saturated rings. The minimum Gasteiger partial charge on any atom is -0.396 e. The highest BCUT2D eigenvalue weighted by Crippen LogP contribution is 2.14. The van der Waals surface area contributed by atoms with Crippen LogP contribution < -0.4 is 0 Å². The van der Waals surface area contributed by atoms with Crippen LogP contribution in [0.1, 0.15) is 12.8 Å². The van der Waals surface area contributed by atoms with Crippen LogP contribution in [-0.4, -0.2) is 63.2 Å². The smallest absolute Gasteiger partial charge is 0.0700 e. The Morgan fingerprint density at radius 1 is 1.33 bits per heavy atom. The van der Waals surface area contributed by atoms with Crippen molar-refractivity contribution in [1.82, 2.24) is 4.90 Å². The predicted molar refractivity (Wildman–Crippen MR) is 58.9 cm³/mol. The minimum absolute atomic E-state index is 0.320. The van der Waals surface area contributed by atoms with Crippen LogP contribution in [0.5, 0.6) is 0 Å². The lowest BCUT2D eigenvalue weighted by molar-refractivity contribution is 0.0444. The Bertz CT molecular complexity index is 155. The van der Waals surface area contributed by atoms with Gasteiger partial charge in [0.15, 0.2) is 0 Å². The zero-order valence-electron chi connectivity index (χ0n) is 9.65. The van der Waals surface area contributed by atoms with Crippen molar-refractivity contribution < 1.29 is 14.6 Å². The normalized spacial score (nSPS) is 23.2. The summed E-state index contributed by atoms with van der Waals surface area (Å²) in [5, 5.41) is 9.08. The molecule has 0 spiro atoms. The second kappa shape index (κ2) is 8.05. The van der Waals surface area contributed by atoms with Gasteiger partial charge in [-0.1, -0.05) is 0 Å². The average Bonchev–Trinajstić information content (AvgIpc) is 2.29. The van der Waals surface area contributed by atoms with Gasteiger partial charge >= 0.3 is 0 Å². The monoisotopic (exact) mass is 217 g/mol. The summed E-state index contributed by atoms with van der Waals surface area (Å²) in [5.41, 5.74) is 0. The van der Waals surface area contributed by atoms with Crippen molar-refractivity contribution in [3.63, 3.8) is 0 Å². The molecule has 15 heavy (non-hydrogen) atoms. The van der Waals surface area contributed by atoms with E-state index in [4.69, 9.17) is 14.6 Å². The third kappa shape index (κ3) is 5.47. The molecule has 0 amide bonds. The van der Waals surface area contributed by atoms with Crippen molar-refractivity contribution in [3.8, 4) is 0 Å². The van der Waals surface area contributed by atoms with Crippen LogP contribution >= 0.6 is 0 Å². The van der Waals surface area contributed by atoms with Gasteiger partial charge < -0.3 is 19.5 Å². The van der Waals surface area contributed by atoms with Gasteiger partial charge in [0.25, 0.3) is 0 Å². The number of nitrogens with zero attached hydrogens (tertiary/aromatic N) is 1. The van der Waals surface area contributed by atoms with Crippen LogP contribution in [0, 0.1) is 5.92 Å². The summed E-state index contributed by atoms with van der Waals surface area (Å²) in [6.45, 7) is 5.56. The number of likely N-dealkylation sites (tertiary alicyclic amines) is 1. The number of hydrogen-bond donors (Lipinski definition) is 1. The molecule has 1 aliphatic rings. The average molecular weight is 217 g/mol. The van der Waals surface area contributed by atoms with Crippen molar-refractivity contribution >= 4 is 0 Å². The molecule has 4 heteroatoms. The van der Waals surface area contributed by atoms with Crippen LogP contribution in [-0.2, 0) is 9.47 Å². The second-order valence-electron chi connectivity index (χ2n) is 4.10. The number of aliphatic hydroxyl groups excluding tert-OH is 1. The second-order valence-corrected chi connectivity index (χ2v) is 4.10. The summed E-state index contributed by atoms with van der Waals surface area (Å²) < 4.78 is 10.3. The first-order chi connectivity index (χ1) is 7.36. The fourth-order valence-corrected chi connectivity index (χ4v) is 1.94. The highest BCUT2D eigenvalue weighted by atomic mass is 16.5. The Morgan fingerprint density at radius 2 is 2.20 bits per heavy atom. The predicted octanol–water partition coefficient (Wildman–Crippen LogP) is 0.354. The van der Waals surface area contributed by atoms with Gasteiger partial charge in [-0.25, -0.2) is 0 Å². The molecule has 0 aromatic heterocycles.